The Kier molecular flexibility index (Phi) is 4.38. The molecule has 1 fully saturated rings. The Hall–Kier alpha value is -0.210. The zero-order valence-corrected chi connectivity index (χ0v) is 13.5. The van der Waals surface area contributed by atoms with Crippen molar-refractivity contribution in [2.45, 2.75) is 49.8 Å². The van der Waals surface area contributed by atoms with Gasteiger partial charge >= 0.3 is 0 Å². The first-order valence-corrected chi connectivity index (χ1v) is 8.62. The highest BCUT2D eigenvalue weighted by Gasteiger charge is 2.23. The van der Waals surface area contributed by atoms with E-state index in [1.54, 1.807) is 0 Å². The van der Waals surface area contributed by atoms with Crippen LogP contribution in [0.25, 0.3) is 0 Å². The van der Waals surface area contributed by atoms with Crippen LogP contribution in [0.5, 0.6) is 5.75 Å². The molecular weight excluding hydrogens is 324 g/mol. The van der Waals surface area contributed by atoms with E-state index in [1.165, 1.54) is 49.7 Å². The first-order valence-electron chi connectivity index (χ1n) is 7.33. The maximum absolute atomic E-state index is 6.22. The molecule has 2 aliphatic rings. The Labute approximate surface area is 128 Å². The molecule has 0 aromatic heterocycles. The zero-order chi connectivity index (χ0) is 13.2. The van der Waals surface area contributed by atoms with E-state index < -0.39 is 0 Å². The molecule has 0 spiro atoms. The smallest absolute Gasteiger partial charge is 0.127 e. The largest absolute Gasteiger partial charge is 0.493 e. The fourth-order valence-corrected chi connectivity index (χ4v) is 4.22. The van der Waals surface area contributed by atoms with E-state index in [2.05, 4.69) is 22.0 Å². The predicted molar refractivity (Wildman–Crippen MR) is 83.5 cm³/mol. The normalized spacial score (nSPS) is 20.3. The van der Waals surface area contributed by atoms with Gasteiger partial charge in [0.2, 0.25) is 0 Å². The van der Waals surface area contributed by atoms with E-state index in [9.17, 15) is 0 Å². The SMILES string of the molecule is Clc1cc2c(c(C(Br)CCC3CCCC3)c1)OCC2. The Morgan fingerprint density at radius 3 is 2.89 bits per heavy atom. The van der Waals surface area contributed by atoms with Gasteiger partial charge in [0, 0.05) is 21.8 Å². The molecule has 0 bridgehead atoms. The number of ether oxygens (including phenoxy) is 1. The Morgan fingerprint density at radius 1 is 1.32 bits per heavy atom. The minimum atomic E-state index is 0.374. The van der Waals surface area contributed by atoms with Crippen molar-refractivity contribution >= 4 is 27.5 Å². The number of rotatable bonds is 4. The monoisotopic (exact) mass is 342 g/mol. The Morgan fingerprint density at radius 2 is 2.11 bits per heavy atom. The molecule has 3 heteroatoms. The summed E-state index contributed by atoms with van der Waals surface area (Å²) < 4.78 is 5.79. The quantitative estimate of drug-likeness (QED) is 0.639. The topological polar surface area (TPSA) is 9.23 Å². The summed E-state index contributed by atoms with van der Waals surface area (Å²) in [5, 5.41) is 0.838. The lowest BCUT2D eigenvalue weighted by Crippen LogP contribution is -1.99. The average Bonchev–Trinajstić information content (AvgIpc) is 3.05. The highest BCUT2D eigenvalue weighted by molar-refractivity contribution is 9.09. The van der Waals surface area contributed by atoms with Gasteiger partial charge < -0.3 is 4.74 Å². The van der Waals surface area contributed by atoms with Gasteiger partial charge in [0.1, 0.15) is 5.75 Å². The molecule has 1 heterocycles. The highest BCUT2D eigenvalue weighted by atomic mass is 79.9. The van der Waals surface area contributed by atoms with Crippen molar-refractivity contribution in [3.63, 3.8) is 0 Å². The third-order valence-electron chi connectivity index (χ3n) is 4.42. The summed E-state index contributed by atoms with van der Waals surface area (Å²) in [6, 6.07) is 4.11. The summed E-state index contributed by atoms with van der Waals surface area (Å²) in [6.45, 7) is 0.797. The fraction of sp³-hybridized carbons (Fsp3) is 0.625. The van der Waals surface area contributed by atoms with E-state index in [4.69, 9.17) is 16.3 Å². The van der Waals surface area contributed by atoms with E-state index in [-0.39, 0.29) is 0 Å². The van der Waals surface area contributed by atoms with Gasteiger partial charge in [0.05, 0.1) is 6.61 Å². The second-order valence-corrected chi connectivity index (χ2v) is 7.32. The van der Waals surface area contributed by atoms with Crippen molar-refractivity contribution in [1.82, 2.24) is 0 Å². The van der Waals surface area contributed by atoms with Crippen molar-refractivity contribution in [3.8, 4) is 5.75 Å². The minimum Gasteiger partial charge on any atom is -0.493 e. The van der Waals surface area contributed by atoms with Crippen LogP contribution in [0.2, 0.25) is 5.02 Å². The highest BCUT2D eigenvalue weighted by Crippen LogP contribution is 2.42. The molecule has 1 aromatic rings. The lowest BCUT2D eigenvalue weighted by Gasteiger charge is -2.16. The molecule has 1 aliphatic carbocycles. The Balaban J connectivity index is 1.70. The lowest BCUT2D eigenvalue weighted by molar-refractivity contribution is 0.352. The van der Waals surface area contributed by atoms with E-state index in [1.807, 2.05) is 6.07 Å². The van der Waals surface area contributed by atoms with Crippen LogP contribution >= 0.6 is 27.5 Å². The maximum Gasteiger partial charge on any atom is 0.127 e. The predicted octanol–water partition coefficient (Wildman–Crippen LogP) is 5.68. The number of halogens is 2. The fourth-order valence-electron chi connectivity index (χ4n) is 3.37. The molecule has 1 nitrogen and oxygen atoms in total. The molecular formula is C16H20BrClO. The molecule has 0 saturated heterocycles. The van der Waals surface area contributed by atoms with E-state index >= 15 is 0 Å². The molecule has 0 amide bonds. The Bertz CT molecular complexity index is 454. The summed E-state index contributed by atoms with van der Waals surface area (Å²) in [5.41, 5.74) is 2.52. The van der Waals surface area contributed by atoms with Crippen LogP contribution in [-0.2, 0) is 6.42 Å². The summed E-state index contributed by atoms with van der Waals surface area (Å²) in [6.07, 6.45) is 9.18. The van der Waals surface area contributed by atoms with Crippen LogP contribution in [0.4, 0.5) is 0 Å². The second-order valence-electron chi connectivity index (χ2n) is 5.78. The maximum atomic E-state index is 6.22. The number of fused-ring (bicyclic) bond motifs is 1. The summed E-state index contributed by atoms with van der Waals surface area (Å²) in [7, 11) is 0. The van der Waals surface area contributed by atoms with Gasteiger partial charge in [-0.05, 0) is 36.5 Å². The third kappa shape index (κ3) is 3.11. The van der Waals surface area contributed by atoms with Crippen LogP contribution in [0.15, 0.2) is 12.1 Å². The van der Waals surface area contributed by atoms with Crippen LogP contribution < -0.4 is 4.74 Å². The van der Waals surface area contributed by atoms with Crippen LogP contribution in [0.3, 0.4) is 0 Å². The second kappa shape index (κ2) is 6.05. The lowest BCUT2D eigenvalue weighted by atomic mass is 9.97. The minimum absolute atomic E-state index is 0.374. The number of hydrogen-bond acceptors (Lipinski definition) is 1. The van der Waals surface area contributed by atoms with Crippen LogP contribution in [0.1, 0.15) is 54.5 Å². The van der Waals surface area contributed by atoms with Crippen LogP contribution in [0, 0.1) is 5.92 Å². The first-order chi connectivity index (χ1) is 9.24. The zero-order valence-electron chi connectivity index (χ0n) is 11.1. The van der Waals surface area contributed by atoms with Crippen molar-refractivity contribution in [1.29, 1.82) is 0 Å². The molecule has 1 aliphatic heterocycles. The molecule has 104 valence electrons. The van der Waals surface area contributed by atoms with Crippen molar-refractivity contribution in [2.24, 2.45) is 5.92 Å². The van der Waals surface area contributed by atoms with Gasteiger partial charge in [0.25, 0.3) is 0 Å². The first kappa shape index (κ1) is 13.8. The van der Waals surface area contributed by atoms with Gasteiger partial charge in [-0.15, -0.1) is 0 Å². The van der Waals surface area contributed by atoms with E-state index in [0.717, 1.165) is 29.7 Å². The van der Waals surface area contributed by atoms with Gasteiger partial charge in [-0.25, -0.2) is 0 Å². The van der Waals surface area contributed by atoms with Crippen LogP contribution in [-0.4, -0.2) is 6.61 Å². The van der Waals surface area contributed by atoms with Gasteiger partial charge in [0.15, 0.2) is 0 Å². The van der Waals surface area contributed by atoms with E-state index in [0.29, 0.717) is 4.83 Å². The number of hydrogen-bond donors (Lipinski definition) is 0. The molecule has 1 atom stereocenters. The molecule has 1 saturated carbocycles. The molecule has 0 N–H and O–H groups in total. The van der Waals surface area contributed by atoms with Gasteiger partial charge in [-0.2, -0.15) is 0 Å². The molecule has 3 rings (SSSR count). The average molecular weight is 344 g/mol. The molecule has 1 aromatic carbocycles. The van der Waals surface area contributed by atoms with Crippen molar-refractivity contribution in [2.75, 3.05) is 6.61 Å². The summed E-state index contributed by atoms with van der Waals surface area (Å²) >= 11 is 10.1. The molecule has 19 heavy (non-hydrogen) atoms. The molecule has 0 radical (unpaired) electrons. The number of alkyl halides is 1. The van der Waals surface area contributed by atoms with Gasteiger partial charge in [-0.3, -0.25) is 0 Å². The third-order valence-corrected chi connectivity index (χ3v) is 5.59. The molecule has 1 unspecified atom stereocenters. The standard InChI is InChI=1S/C16H20BrClO/c17-15(6-5-11-3-1-2-4-11)14-10-13(18)9-12-7-8-19-16(12)14/h9-11,15H,1-8H2. The summed E-state index contributed by atoms with van der Waals surface area (Å²) in [5.74, 6) is 2.02. The number of benzene rings is 1. The summed E-state index contributed by atoms with van der Waals surface area (Å²) in [4.78, 5) is 0.374. The van der Waals surface area contributed by atoms with Gasteiger partial charge in [-0.1, -0.05) is 53.2 Å². The van der Waals surface area contributed by atoms with Crippen molar-refractivity contribution < 1.29 is 4.74 Å². The van der Waals surface area contributed by atoms with Crippen molar-refractivity contribution in [3.05, 3.63) is 28.3 Å².